The van der Waals surface area contributed by atoms with E-state index in [4.69, 9.17) is 4.42 Å². The number of halogens is 2. The highest BCUT2D eigenvalue weighted by molar-refractivity contribution is 9.11. The third-order valence-electron chi connectivity index (χ3n) is 4.37. The molecule has 152 valence electrons. The SMILES string of the molecule is O=C(Nc1nnc(-c2ccc(Br)s2)o1)C1CCCN1S(=O)(=O)c1ccc(F)cc1. The number of benzene rings is 1. The average molecular weight is 501 g/mol. The van der Waals surface area contributed by atoms with Gasteiger partial charge < -0.3 is 4.42 Å². The fourth-order valence-corrected chi connectivity index (χ4v) is 5.99. The number of sulfonamides is 1. The lowest BCUT2D eigenvalue weighted by atomic mass is 10.2. The van der Waals surface area contributed by atoms with Crippen LogP contribution in [0.4, 0.5) is 10.4 Å². The maximum Gasteiger partial charge on any atom is 0.322 e. The molecule has 0 spiro atoms. The van der Waals surface area contributed by atoms with Gasteiger partial charge in [0.25, 0.3) is 5.89 Å². The van der Waals surface area contributed by atoms with Crippen LogP contribution in [0, 0.1) is 5.82 Å². The summed E-state index contributed by atoms with van der Waals surface area (Å²) < 4.78 is 46.3. The Balaban J connectivity index is 1.51. The largest absolute Gasteiger partial charge is 0.402 e. The van der Waals surface area contributed by atoms with Crippen LogP contribution in [-0.2, 0) is 14.8 Å². The van der Waals surface area contributed by atoms with Gasteiger partial charge >= 0.3 is 6.01 Å². The molecule has 0 saturated carbocycles. The second kappa shape index (κ2) is 7.94. The summed E-state index contributed by atoms with van der Waals surface area (Å²) >= 11 is 4.74. The van der Waals surface area contributed by atoms with Crippen molar-refractivity contribution in [3.05, 3.63) is 46.0 Å². The Bertz CT molecular complexity index is 1150. The quantitative estimate of drug-likeness (QED) is 0.574. The molecule has 0 aliphatic carbocycles. The van der Waals surface area contributed by atoms with Crippen LogP contribution in [0.5, 0.6) is 0 Å². The summed E-state index contributed by atoms with van der Waals surface area (Å²) in [5, 5.41) is 10.2. The molecule has 3 aromatic rings. The maximum absolute atomic E-state index is 13.1. The molecule has 4 rings (SSSR count). The zero-order valence-corrected chi connectivity index (χ0v) is 17.9. The van der Waals surface area contributed by atoms with Gasteiger partial charge in [-0.3, -0.25) is 10.1 Å². The monoisotopic (exact) mass is 500 g/mol. The van der Waals surface area contributed by atoms with E-state index >= 15 is 0 Å². The number of thiophene rings is 1. The number of amides is 1. The van der Waals surface area contributed by atoms with E-state index in [2.05, 4.69) is 31.4 Å². The Kier molecular flexibility index (Phi) is 5.51. The molecular formula is C17H14BrFN4O4S2. The first-order valence-corrected chi connectivity index (χ1v) is 11.6. The molecule has 1 aromatic carbocycles. The Morgan fingerprint density at radius 3 is 2.69 bits per heavy atom. The fraction of sp³-hybridized carbons (Fsp3) is 0.235. The van der Waals surface area contributed by atoms with E-state index in [9.17, 15) is 17.6 Å². The van der Waals surface area contributed by atoms with E-state index in [-0.39, 0.29) is 23.3 Å². The van der Waals surface area contributed by atoms with Crippen LogP contribution >= 0.6 is 27.3 Å². The summed E-state index contributed by atoms with van der Waals surface area (Å²) in [6.07, 6.45) is 0.877. The van der Waals surface area contributed by atoms with Crippen LogP contribution in [0.15, 0.2) is 49.5 Å². The second-order valence-corrected chi connectivity index (χ2v) is 10.6. The molecule has 1 saturated heterocycles. The van der Waals surface area contributed by atoms with Crippen molar-refractivity contribution in [2.24, 2.45) is 0 Å². The number of carbonyl (C=O) groups is 1. The van der Waals surface area contributed by atoms with Crippen molar-refractivity contribution in [1.82, 2.24) is 14.5 Å². The molecule has 1 aliphatic heterocycles. The number of hydrogen-bond acceptors (Lipinski definition) is 7. The molecule has 1 aliphatic rings. The van der Waals surface area contributed by atoms with Crippen LogP contribution in [0.3, 0.4) is 0 Å². The Morgan fingerprint density at radius 1 is 1.24 bits per heavy atom. The summed E-state index contributed by atoms with van der Waals surface area (Å²) in [5.41, 5.74) is 0. The lowest BCUT2D eigenvalue weighted by Crippen LogP contribution is -2.43. The van der Waals surface area contributed by atoms with Crippen molar-refractivity contribution >= 4 is 49.2 Å². The highest BCUT2D eigenvalue weighted by Crippen LogP contribution is 2.31. The summed E-state index contributed by atoms with van der Waals surface area (Å²) in [5.74, 6) is -0.849. The van der Waals surface area contributed by atoms with Crippen LogP contribution in [0.25, 0.3) is 10.8 Å². The maximum atomic E-state index is 13.1. The van der Waals surface area contributed by atoms with Crippen molar-refractivity contribution in [3.63, 3.8) is 0 Å². The Morgan fingerprint density at radius 2 is 2.00 bits per heavy atom. The molecule has 8 nitrogen and oxygen atoms in total. The number of rotatable bonds is 5. The van der Waals surface area contributed by atoms with Gasteiger partial charge in [0.15, 0.2) is 0 Å². The van der Waals surface area contributed by atoms with Gasteiger partial charge in [-0.1, -0.05) is 5.10 Å². The lowest BCUT2D eigenvalue weighted by molar-refractivity contribution is -0.119. The summed E-state index contributed by atoms with van der Waals surface area (Å²) in [6.45, 7) is 0.191. The van der Waals surface area contributed by atoms with Gasteiger partial charge in [-0.25, -0.2) is 12.8 Å². The minimum absolute atomic E-state index is 0.0676. The van der Waals surface area contributed by atoms with Gasteiger partial charge in [-0.2, -0.15) is 4.31 Å². The van der Waals surface area contributed by atoms with Gasteiger partial charge in [-0.05, 0) is 65.2 Å². The molecule has 12 heteroatoms. The molecule has 2 aromatic heterocycles. The molecule has 3 heterocycles. The van der Waals surface area contributed by atoms with Crippen molar-refractivity contribution in [2.75, 3.05) is 11.9 Å². The Labute approximate surface area is 177 Å². The molecule has 1 N–H and O–H groups in total. The smallest absolute Gasteiger partial charge is 0.322 e. The first-order chi connectivity index (χ1) is 13.8. The third-order valence-corrected chi connectivity index (χ3v) is 7.90. The molecule has 1 unspecified atom stereocenters. The predicted molar refractivity (Wildman–Crippen MR) is 107 cm³/mol. The molecule has 1 amide bonds. The summed E-state index contributed by atoms with van der Waals surface area (Å²) in [6, 6.07) is 7.10. The van der Waals surface area contributed by atoms with Crippen LogP contribution < -0.4 is 5.32 Å². The highest BCUT2D eigenvalue weighted by Gasteiger charge is 2.40. The highest BCUT2D eigenvalue weighted by atomic mass is 79.9. The van der Waals surface area contributed by atoms with E-state index in [1.54, 1.807) is 6.07 Å². The van der Waals surface area contributed by atoms with Gasteiger partial charge in [0, 0.05) is 6.54 Å². The number of carbonyl (C=O) groups excluding carboxylic acids is 1. The Hall–Kier alpha value is -2.15. The zero-order valence-electron chi connectivity index (χ0n) is 14.7. The van der Waals surface area contributed by atoms with Crippen molar-refractivity contribution in [1.29, 1.82) is 0 Å². The molecule has 1 atom stereocenters. The predicted octanol–water partition coefficient (Wildman–Crippen LogP) is 3.49. The lowest BCUT2D eigenvalue weighted by Gasteiger charge is -2.22. The summed E-state index contributed by atoms with van der Waals surface area (Å²) in [4.78, 5) is 13.4. The summed E-state index contributed by atoms with van der Waals surface area (Å²) in [7, 11) is -3.94. The standard InChI is InChI=1S/C17H14BrFN4O4S2/c18-14-8-7-13(28-14)16-21-22-17(27-16)20-15(24)12-2-1-9-23(12)29(25,26)11-5-3-10(19)4-6-11/h3-8,12H,1-2,9H2,(H,20,22,24). The van der Waals surface area contributed by atoms with E-state index in [0.717, 1.165) is 25.1 Å². The molecule has 1 fully saturated rings. The van der Waals surface area contributed by atoms with Gasteiger partial charge in [-0.15, -0.1) is 16.4 Å². The number of anilines is 1. The average Bonchev–Trinajstić information content (AvgIpc) is 3.42. The van der Waals surface area contributed by atoms with Crippen molar-refractivity contribution < 1.29 is 22.0 Å². The van der Waals surface area contributed by atoms with Crippen molar-refractivity contribution in [2.45, 2.75) is 23.8 Å². The topological polar surface area (TPSA) is 105 Å². The second-order valence-electron chi connectivity index (χ2n) is 6.23. The van der Waals surface area contributed by atoms with E-state index in [0.29, 0.717) is 12.8 Å². The molecular weight excluding hydrogens is 487 g/mol. The van der Waals surface area contributed by atoms with Crippen LogP contribution in [0.1, 0.15) is 12.8 Å². The van der Waals surface area contributed by atoms with Gasteiger partial charge in [0.2, 0.25) is 15.9 Å². The fourth-order valence-electron chi connectivity index (χ4n) is 3.02. The van der Waals surface area contributed by atoms with E-state index in [1.807, 2.05) is 6.07 Å². The van der Waals surface area contributed by atoms with Crippen LogP contribution in [0.2, 0.25) is 0 Å². The third kappa shape index (κ3) is 4.10. The minimum atomic E-state index is -3.94. The van der Waals surface area contributed by atoms with Crippen LogP contribution in [-0.4, -0.2) is 41.4 Å². The number of nitrogens with zero attached hydrogens (tertiary/aromatic N) is 3. The zero-order chi connectivity index (χ0) is 20.6. The minimum Gasteiger partial charge on any atom is -0.402 e. The molecule has 0 radical (unpaired) electrons. The van der Waals surface area contributed by atoms with E-state index < -0.39 is 27.8 Å². The first-order valence-electron chi connectivity index (χ1n) is 8.52. The van der Waals surface area contributed by atoms with E-state index in [1.165, 1.54) is 23.5 Å². The number of nitrogens with one attached hydrogen (secondary N) is 1. The van der Waals surface area contributed by atoms with Gasteiger partial charge in [0.1, 0.15) is 11.9 Å². The first kappa shape index (κ1) is 20.1. The number of hydrogen-bond donors (Lipinski definition) is 1. The normalized spacial score (nSPS) is 17.5. The number of aromatic nitrogens is 2. The molecule has 0 bridgehead atoms. The van der Waals surface area contributed by atoms with Crippen molar-refractivity contribution in [3.8, 4) is 10.8 Å². The molecule has 29 heavy (non-hydrogen) atoms. The van der Waals surface area contributed by atoms with Gasteiger partial charge in [0.05, 0.1) is 13.6 Å².